The molecule has 1 aromatic rings. The van der Waals surface area contributed by atoms with Gasteiger partial charge in [0.25, 0.3) is 0 Å². The van der Waals surface area contributed by atoms with Crippen molar-refractivity contribution in [1.82, 2.24) is 0 Å². The SMILES string of the molecule is CCCOC1CCC(CCSc2ccccc2)CC1.F.F.F.F.F. The van der Waals surface area contributed by atoms with Crippen molar-refractivity contribution in [3.05, 3.63) is 30.3 Å². The monoisotopic (exact) mass is 378 g/mol. The van der Waals surface area contributed by atoms with Gasteiger partial charge in [-0.15, -0.1) is 11.8 Å². The highest BCUT2D eigenvalue weighted by Gasteiger charge is 2.21. The number of hydrogen-bond acceptors (Lipinski definition) is 2. The van der Waals surface area contributed by atoms with Crippen LogP contribution >= 0.6 is 11.8 Å². The standard InChI is InChI=1S/C17H26OS.5FH/c1-2-13-18-16-10-8-15(9-11-16)12-14-19-17-6-4-3-5-7-17;;;;;/h3-7,15-16H,2,8-14H2,1H3;5*1H. The summed E-state index contributed by atoms with van der Waals surface area (Å²) in [4.78, 5) is 1.41. The third kappa shape index (κ3) is 11.7. The van der Waals surface area contributed by atoms with Crippen molar-refractivity contribution in [3.63, 3.8) is 0 Å². The molecule has 1 aromatic carbocycles. The number of ether oxygens (including phenoxy) is 1. The van der Waals surface area contributed by atoms with Gasteiger partial charge in [-0.2, -0.15) is 0 Å². The van der Waals surface area contributed by atoms with Gasteiger partial charge in [-0.1, -0.05) is 25.1 Å². The van der Waals surface area contributed by atoms with Crippen LogP contribution in [0.3, 0.4) is 0 Å². The first-order chi connectivity index (χ1) is 9.38. The van der Waals surface area contributed by atoms with Crippen molar-refractivity contribution in [1.29, 1.82) is 0 Å². The van der Waals surface area contributed by atoms with Crippen LogP contribution < -0.4 is 0 Å². The lowest BCUT2D eigenvalue weighted by atomic mass is 9.86. The van der Waals surface area contributed by atoms with E-state index in [0.29, 0.717) is 6.10 Å². The molecule has 0 spiro atoms. The van der Waals surface area contributed by atoms with E-state index < -0.39 is 0 Å². The Kier molecular flexibility index (Phi) is 23.9. The molecule has 0 heterocycles. The lowest BCUT2D eigenvalue weighted by Crippen LogP contribution is -2.22. The summed E-state index contributed by atoms with van der Waals surface area (Å²) in [6.45, 7) is 3.13. The van der Waals surface area contributed by atoms with Crippen LogP contribution in [0.1, 0.15) is 45.4 Å². The van der Waals surface area contributed by atoms with Crippen molar-refractivity contribution in [2.75, 3.05) is 12.4 Å². The molecule has 0 saturated heterocycles. The van der Waals surface area contributed by atoms with E-state index in [2.05, 4.69) is 37.3 Å². The number of rotatable bonds is 7. The van der Waals surface area contributed by atoms with E-state index in [4.69, 9.17) is 4.74 Å². The normalized spacial score (nSPS) is 18.5. The fraction of sp³-hybridized carbons (Fsp3) is 0.647. The van der Waals surface area contributed by atoms with Crippen molar-refractivity contribution in [2.45, 2.75) is 56.4 Å². The van der Waals surface area contributed by atoms with Crippen molar-refractivity contribution >= 4 is 11.8 Å². The molecule has 1 nitrogen and oxygen atoms in total. The summed E-state index contributed by atoms with van der Waals surface area (Å²) < 4.78 is 5.85. The van der Waals surface area contributed by atoms with Gasteiger partial charge in [-0.25, -0.2) is 0 Å². The summed E-state index contributed by atoms with van der Waals surface area (Å²) >= 11 is 2.00. The van der Waals surface area contributed by atoms with Crippen molar-refractivity contribution in [2.24, 2.45) is 5.92 Å². The van der Waals surface area contributed by atoms with E-state index in [1.54, 1.807) is 0 Å². The highest BCUT2D eigenvalue weighted by Crippen LogP contribution is 2.30. The summed E-state index contributed by atoms with van der Waals surface area (Å²) in [5.74, 6) is 2.19. The maximum atomic E-state index is 5.85. The average molecular weight is 378 g/mol. The maximum Gasteiger partial charge on any atom is 0.0575 e. The van der Waals surface area contributed by atoms with Crippen LogP contribution in [0.15, 0.2) is 35.2 Å². The Bertz CT molecular complexity index is 348. The number of halogens is 5. The second-order valence-electron chi connectivity index (χ2n) is 5.46. The molecule has 7 heteroatoms. The van der Waals surface area contributed by atoms with Gasteiger partial charge >= 0.3 is 0 Å². The van der Waals surface area contributed by atoms with Gasteiger partial charge in [0.2, 0.25) is 0 Å². The zero-order valence-electron chi connectivity index (χ0n) is 14.1. The first kappa shape index (κ1) is 31.0. The topological polar surface area (TPSA) is 9.23 Å². The van der Waals surface area contributed by atoms with E-state index in [1.165, 1.54) is 42.8 Å². The van der Waals surface area contributed by atoms with Gasteiger partial charge in [-0.3, -0.25) is 23.5 Å². The van der Waals surface area contributed by atoms with Crippen LogP contribution in [0.4, 0.5) is 23.5 Å². The van der Waals surface area contributed by atoms with Crippen LogP contribution in [-0.4, -0.2) is 18.5 Å². The second-order valence-corrected chi connectivity index (χ2v) is 6.63. The summed E-state index contributed by atoms with van der Waals surface area (Å²) in [6, 6.07) is 10.7. The number of benzene rings is 1. The Labute approximate surface area is 145 Å². The summed E-state index contributed by atoms with van der Waals surface area (Å²) in [5, 5.41) is 0. The molecular formula is C17H31F5OS. The zero-order valence-corrected chi connectivity index (χ0v) is 14.9. The molecule has 0 radical (unpaired) electrons. The van der Waals surface area contributed by atoms with Crippen LogP contribution in [0.5, 0.6) is 0 Å². The van der Waals surface area contributed by atoms with Crippen LogP contribution in [0, 0.1) is 5.92 Å². The zero-order chi connectivity index (χ0) is 13.3. The van der Waals surface area contributed by atoms with Gasteiger partial charge in [0, 0.05) is 11.5 Å². The Morgan fingerprint density at radius 2 is 1.50 bits per heavy atom. The van der Waals surface area contributed by atoms with Crippen LogP contribution in [-0.2, 0) is 4.74 Å². The molecule has 0 bridgehead atoms. The van der Waals surface area contributed by atoms with E-state index in [1.807, 2.05) is 11.8 Å². The van der Waals surface area contributed by atoms with Crippen LogP contribution in [0.2, 0.25) is 0 Å². The smallest absolute Gasteiger partial charge is 0.0575 e. The number of hydrogen-bond donors (Lipinski definition) is 0. The molecule has 1 aliphatic rings. The molecular weight excluding hydrogens is 347 g/mol. The molecule has 24 heavy (non-hydrogen) atoms. The van der Waals surface area contributed by atoms with E-state index in [9.17, 15) is 0 Å². The van der Waals surface area contributed by atoms with E-state index in [-0.39, 0.29) is 23.5 Å². The molecule has 2 rings (SSSR count). The average Bonchev–Trinajstić information content (AvgIpc) is 2.47. The van der Waals surface area contributed by atoms with Gasteiger partial charge in [0.15, 0.2) is 0 Å². The Hall–Kier alpha value is -0.820. The predicted molar refractivity (Wildman–Crippen MR) is 96.3 cm³/mol. The quantitative estimate of drug-likeness (QED) is 0.430. The summed E-state index contributed by atoms with van der Waals surface area (Å²) in [5.41, 5.74) is 0. The van der Waals surface area contributed by atoms with Crippen molar-refractivity contribution in [3.8, 4) is 0 Å². The molecule has 0 aromatic heterocycles. The molecule has 146 valence electrons. The first-order valence-electron chi connectivity index (χ1n) is 7.68. The van der Waals surface area contributed by atoms with Crippen molar-refractivity contribution < 1.29 is 28.3 Å². The third-order valence-electron chi connectivity index (χ3n) is 3.89. The minimum Gasteiger partial charge on any atom is -0.378 e. The third-order valence-corrected chi connectivity index (χ3v) is 4.93. The Balaban J connectivity index is -0.000000400. The minimum absolute atomic E-state index is 0. The molecule has 1 saturated carbocycles. The largest absolute Gasteiger partial charge is 0.378 e. The maximum absolute atomic E-state index is 5.85. The first-order valence-corrected chi connectivity index (χ1v) is 8.66. The highest BCUT2D eigenvalue weighted by molar-refractivity contribution is 7.99. The predicted octanol–water partition coefficient (Wildman–Crippen LogP) is 5.92. The van der Waals surface area contributed by atoms with Gasteiger partial charge in [-0.05, 0) is 62.3 Å². The summed E-state index contributed by atoms with van der Waals surface area (Å²) in [7, 11) is 0. The number of thioether (sulfide) groups is 1. The van der Waals surface area contributed by atoms with Gasteiger partial charge in [0.05, 0.1) is 6.10 Å². The van der Waals surface area contributed by atoms with E-state index in [0.717, 1.165) is 18.9 Å². The van der Waals surface area contributed by atoms with Gasteiger partial charge in [0.1, 0.15) is 0 Å². The van der Waals surface area contributed by atoms with Gasteiger partial charge < -0.3 is 4.74 Å². The second kappa shape index (κ2) is 18.5. The molecule has 0 amide bonds. The lowest BCUT2D eigenvalue weighted by molar-refractivity contribution is 0.0182. The fourth-order valence-corrected chi connectivity index (χ4v) is 3.77. The molecule has 0 atom stereocenters. The molecule has 0 aliphatic heterocycles. The molecule has 0 N–H and O–H groups in total. The van der Waals surface area contributed by atoms with Crippen LogP contribution in [0.25, 0.3) is 0 Å². The minimum atomic E-state index is 0. The molecule has 1 aliphatic carbocycles. The summed E-state index contributed by atoms with van der Waals surface area (Å²) in [6.07, 6.45) is 8.35. The highest BCUT2D eigenvalue weighted by atomic mass is 32.2. The molecule has 0 unspecified atom stereocenters. The van der Waals surface area contributed by atoms with E-state index >= 15 is 0 Å². The molecule has 1 fully saturated rings. The Morgan fingerprint density at radius 3 is 2.04 bits per heavy atom. The Morgan fingerprint density at radius 1 is 0.917 bits per heavy atom. The fourth-order valence-electron chi connectivity index (χ4n) is 2.73. The lowest BCUT2D eigenvalue weighted by Gasteiger charge is -2.28.